The number of rotatable bonds is 9. The molecule has 1 fully saturated rings. The number of benzene rings is 2. The molecular weight excluding hydrogens is 404 g/mol. The summed E-state index contributed by atoms with van der Waals surface area (Å²) in [6.45, 7) is 2.43. The molecule has 158 valence electrons. The number of primary sulfonamides is 1. The second-order valence-corrected chi connectivity index (χ2v) is 10.5. The van der Waals surface area contributed by atoms with Gasteiger partial charge in [0.05, 0.1) is 5.25 Å². The van der Waals surface area contributed by atoms with E-state index in [0.29, 0.717) is 25.8 Å². The molecule has 0 amide bonds. The van der Waals surface area contributed by atoms with E-state index >= 15 is 0 Å². The maximum absolute atomic E-state index is 11.7. The highest BCUT2D eigenvalue weighted by molar-refractivity contribution is 7.89. The molecule has 29 heavy (non-hydrogen) atoms. The van der Waals surface area contributed by atoms with Crippen molar-refractivity contribution in [1.29, 1.82) is 0 Å². The molecule has 3 rings (SSSR count). The number of hydrogen-bond acceptors (Lipinski definition) is 3. The van der Waals surface area contributed by atoms with Crippen LogP contribution in [0.2, 0.25) is 5.02 Å². The van der Waals surface area contributed by atoms with Crippen LogP contribution >= 0.6 is 11.6 Å². The molecule has 1 saturated carbocycles. The van der Waals surface area contributed by atoms with Gasteiger partial charge in [-0.2, -0.15) is 0 Å². The lowest BCUT2D eigenvalue weighted by molar-refractivity contribution is 0.196. The van der Waals surface area contributed by atoms with Crippen LogP contribution in [-0.4, -0.2) is 20.2 Å². The first-order valence-electron chi connectivity index (χ1n) is 10.4. The smallest absolute Gasteiger partial charge is 0.211 e. The topological polar surface area (TPSA) is 86.2 Å². The molecule has 4 nitrogen and oxygen atoms in total. The van der Waals surface area contributed by atoms with Gasteiger partial charge in [0.25, 0.3) is 0 Å². The van der Waals surface area contributed by atoms with Crippen molar-refractivity contribution in [1.82, 2.24) is 0 Å². The molecule has 0 aliphatic heterocycles. The van der Waals surface area contributed by atoms with Gasteiger partial charge in [-0.1, -0.05) is 61.3 Å². The summed E-state index contributed by atoms with van der Waals surface area (Å²) in [5, 5.41) is 5.61. The van der Waals surface area contributed by atoms with Crippen molar-refractivity contribution in [2.24, 2.45) is 10.9 Å². The molecule has 2 aromatic rings. The molecule has 0 saturated heterocycles. The lowest BCUT2D eigenvalue weighted by atomic mass is 9.56. The molecule has 0 bridgehead atoms. The van der Waals surface area contributed by atoms with E-state index in [4.69, 9.17) is 22.5 Å². The summed E-state index contributed by atoms with van der Waals surface area (Å²) in [5.41, 5.74) is 10.0. The number of halogens is 1. The molecule has 0 spiro atoms. The zero-order valence-electron chi connectivity index (χ0n) is 17.0. The third-order valence-electron chi connectivity index (χ3n) is 6.60. The van der Waals surface area contributed by atoms with Gasteiger partial charge in [0.15, 0.2) is 0 Å². The van der Waals surface area contributed by atoms with Crippen LogP contribution in [0, 0.1) is 0 Å². The minimum atomic E-state index is -3.50. The standard InChI is InChI=1S/C23H31ClN2O2S/c1-2-21(29(26,27)28)12-7-17-5-3-6-18(15-17)22(16-25)23(13-4-14-23)19-8-10-20(24)11-9-19/h3,5-6,8-11,15,21-22H,2,4,7,12-14,16,25H2,1H3,(H2,26,27,28). The number of sulfonamides is 1. The molecule has 0 aromatic heterocycles. The Kier molecular flexibility index (Phi) is 7.05. The van der Waals surface area contributed by atoms with Crippen molar-refractivity contribution in [2.45, 2.75) is 62.0 Å². The Morgan fingerprint density at radius 1 is 1.14 bits per heavy atom. The molecule has 0 radical (unpaired) electrons. The summed E-state index contributed by atoms with van der Waals surface area (Å²) in [4.78, 5) is 0. The Morgan fingerprint density at radius 3 is 2.34 bits per heavy atom. The van der Waals surface area contributed by atoms with Gasteiger partial charge in [0, 0.05) is 22.9 Å². The van der Waals surface area contributed by atoms with Gasteiger partial charge in [-0.05, 0) is 60.9 Å². The lowest BCUT2D eigenvalue weighted by Gasteiger charge is -2.48. The van der Waals surface area contributed by atoms with E-state index < -0.39 is 15.3 Å². The van der Waals surface area contributed by atoms with Crippen molar-refractivity contribution in [3.05, 3.63) is 70.2 Å². The number of hydrogen-bond donors (Lipinski definition) is 2. The van der Waals surface area contributed by atoms with E-state index in [1.165, 1.54) is 17.5 Å². The minimum absolute atomic E-state index is 0.0461. The van der Waals surface area contributed by atoms with Crippen molar-refractivity contribution >= 4 is 21.6 Å². The lowest BCUT2D eigenvalue weighted by Crippen LogP contribution is -2.43. The molecule has 6 heteroatoms. The van der Waals surface area contributed by atoms with Crippen LogP contribution in [0.1, 0.15) is 61.6 Å². The Hall–Kier alpha value is -1.40. The largest absolute Gasteiger partial charge is 0.330 e. The Balaban J connectivity index is 1.85. The number of nitrogens with two attached hydrogens (primary N) is 2. The highest BCUT2D eigenvalue weighted by Crippen LogP contribution is 2.53. The van der Waals surface area contributed by atoms with Gasteiger partial charge in [-0.15, -0.1) is 0 Å². The predicted octanol–water partition coefficient (Wildman–Crippen LogP) is 4.50. The van der Waals surface area contributed by atoms with Crippen LogP contribution in [0.3, 0.4) is 0 Å². The summed E-state index contributed by atoms with van der Waals surface area (Å²) >= 11 is 6.10. The average molecular weight is 435 g/mol. The van der Waals surface area contributed by atoms with Gasteiger partial charge < -0.3 is 5.73 Å². The summed E-state index contributed by atoms with van der Waals surface area (Å²) in [5.74, 6) is 0.220. The van der Waals surface area contributed by atoms with Crippen LogP contribution in [0.25, 0.3) is 0 Å². The normalized spacial score (nSPS) is 18.1. The molecule has 0 heterocycles. The zero-order chi connectivity index (χ0) is 21.1. The van der Waals surface area contributed by atoms with Crippen molar-refractivity contribution in [3.8, 4) is 0 Å². The Labute approximate surface area is 179 Å². The average Bonchev–Trinajstić information content (AvgIpc) is 2.65. The van der Waals surface area contributed by atoms with E-state index in [1.54, 1.807) is 0 Å². The van der Waals surface area contributed by atoms with Gasteiger partial charge in [-0.3, -0.25) is 0 Å². The first kappa shape index (κ1) is 22.3. The van der Waals surface area contributed by atoms with Crippen LogP contribution in [0.4, 0.5) is 0 Å². The third-order valence-corrected chi connectivity index (χ3v) is 8.35. The van der Waals surface area contributed by atoms with Crippen molar-refractivity contribution in [3.63, 3.8) is 0 Å². The van der Waals surface area contributed by atoms with Gasteiger partial charge in [-0.25, -0.2) is 13.6 Å². The molecule has 2 aromatic carbocycles. The summed E-state index contributed by atoms with van der Waals surface area (Å²) < 4.78 is 23.4. The summed E-state index contributed by atoms with van der Waals surface area (Å²) in [7, 11) is -3.50. The Bertz CT molecular complexity index is 924. The first-order valence-corrected chi connectivity index (χ1v) is 12.4. The van der Waals surface area contributed by atoms with Crippen molar-refractivity contribution < 1.29 is 8.42 Å². The fraction of sp³-hybridized carbons (Fsp3) is 0.478. The monoisotopic (exact) mass is 434 g/mol. The van der Waals surface area contributed by atoms with E-state index in [1.807, 2.05) is 19.1 Å². The fourth-order valence-corrected chi connectivity index (χ4v) is 5.79. The van der Waals surface area contributed by atoms with E-state index in [-0.39, 0.29) is 11.3 Å². The zero-order valence-corrected chi connectivity index (χ0v) is 18.6. The second-order valence-electron chi connectivity index (χ2n) is 8.21. The van der Waals surface area contributed by atoms with Crippen LogP contribution in [0.5, 0.6) is 0 Å². The second kappa shape index (κ2) is 9.17. The van der Waals surface area contributed by atoms with Crippen LogP contribution < -0.4 is 10.9 Å². The summed E-state index contributed by atoms with van der Waals surface area (Å²) in [6.07, 6.45) is 5.19. The van der Waals surface area contributed by atoms with E-state index in [0.717, 1.165) is 23.4 Å². The minimum Gasteiger partial charge on any atom is -0.330 e. The van der Waals surface area contributed by atoms with Gasteiger partial charge in [0.2, 0.25) is 10.0 Å². The Morgan fingerprint density at radius 2 is 1.83 bits per heavy atom. The van der Waals surface area contributed by atoms with Crippen LogP contribution in [-0.2, 0) is 21.9 Å². The predicted molar refractivity (Wildman–Crippen MR) is 121 cm³/mol. The van der Waals surface area contributed by atoms with Crippen LogP contribution in [0.15, 0.2) is 48.5 Å². The SMILES string of the molecule is CCC(CCc1cccc(C(CN)C2(c3ccc(Cl)cc3)CCC2)c1)S(N)(=O)=O. The highest BCUT2D eigenvalue weighted by Gasteiger charge is 2.45. The maximum Gasteiger partial charge on any atom is 0.211 e. The maximum atomic E-state index is 11.7. The molecular formula is C23H31ClN2O2S. The molecule has 1 aliphatic rings. The first-order chi connectivity index (χ1) is 13.8. The molecule has 1 aliphatic carbocycles. The van der Waals surface area contributed by atoms with E-state index in [2.05, 4.69) is 36.4 Å². The van der Waals surface area contributed by atoms with Gasteiger partial charge in [0.1, 0.15) is 0 Å². The number of aryl methyl sites for hydroxylation is 1. The van der Waals surface area contributed by atoms with Crippen molar-refractivity contribution in [2.75, 3.05) is 6.54 Å². The molecule has 4 N–H and O–H groups in total. The summed E-state index contributed by atoms with van der Waals surface area (Å²) in [6, 6.07) is 16.6. The molecule has 2 unspecified atom stereocenters. The molecule has 2 atom stereocenters. The quantitative estimate of drug-likeness (QED) is 0.608. The highest BCUT2D eigenvalue weighted by atomic mass is 35.5. The van der Waals surface area contributed by atoms with Gasteiger partial charge >= 0.3 is 0 Å². The fourth-order valence-electron chi connectivity index (χ4n) is 4.75. The van der Waals surface area contributed by atoms with E-state index in [9.17, 15) is 8.42 Å². The third kappa shape index (κ3) is 4.85.